The number of halogens is 5. The monoisotopic (exact) mass is 282 g/mol. The molecule has 0 radical (unpaired) electrons. The van der Waals surface area contributed by atoms with Crippen LogP contribution in [0, 0.1) is 0 Å². The summed E-state index contributed by atoms with van der Waals surface area (Å²) in [5.74, 6) is 0. The molecule has 2 rings (SSSR count). The van der Waals surface area contributed by atoms with Crippen LogP contribution in [-0.2, 0) is 5.41 Å². The van der Waals surface area contributed by atoms with Gasteiger partial charge in [0.2, 0.25) is 0 Å². The smallest absolute Gasteiger partial charge is 0.170 e. The number of benzene rings is 1. The van der Waals surface area contributed by atoms with Crippen molar-refractivity contribution in [3.05, 3.63) is 33.8 Å². The van der Waals surface area contributed by atoms with E-state index < -0.39 is 11.6 Å². The average Bonchev–Trinajstić information content (AvgIpc) is 2.64. The minimum atomic E-state index is -4.25. The van der Waals surface area contributed by atoms with Crippen LogP contribution in [0.1, 0.15) is 31.2 Å². The second kappa shape index (κ2) is 4.36. The minimum absolute atomic E-state index is 0.118. The predicted molar refractivity (Wildman–Crippen MR) is 62.7 cm³/mol. The lowest BCUT2D eigenvalue weighted by Gasteiger charge is -2.32. The Morgan fingerprint density at radius 3 is 1.82 bits per heavy atom. The van der Waals surface area contributed by atoms with Crippen molar-refractivity contribution >= 4 is 23.2 Å². The fourth-order valence-electron chi connectivity index (χ4n) is 2.54. The number of rotatable bonds is 1. The highest BCUT2D eigenvalue weighted by molar-refractivity contribution is 6.34. The van der Waals surface area contributed by atoms with Gasteiger partial charge in [-0.05, 0) is 36.6 Å². The Kier molecular flexibility index (Phi) is 3.34. The van der Waals surface area contributed by atoms with Gasteiger partial charge in [0.05, 0.1) is 5.41 Å². The van der Waals surface area contributed by atoms with E-state index in [1.54, 1.807) is 0 Å². The highest BCUT2D eigenvalue weighted by Crippen LogP contribution is 2.52. The summed E-state index contributed by atoms with van der Waals surface area (Å²) >= 11 is 11.6. The van der Waals surface area contributed by atoms with Crippen LogP contribution >= 0.6 is 23.2 Å². The zero-order valence-electron chi connectivity index (χ0n) is 8.95. The molecule has 1 aliphatic carbocycles. The third kappa shape index (κ3) is 2.27. The van der Waals surface area contributed by atoms with Gasteiger partial charge < -0.3 is 0 Å². The summed E-state index contributed by atoms with van der Waals surface area (Å²) < 4.78 is 39.8. The molecule has 1 aliphatic rings. The molecule has 0 nitrogen and oxygen atoms in total. The second-order valence-corrected chi connectivity index (χ2v) is 5.32. The first-order valence-corrected chi connectivity index (χ1v) is 6.14. The highest BCUT2D eigenvalue weighted by Gasteiger charge is 2.56. The number of hydrogen-bond donors (Lipinski definition) is 0. The maximum atomic E-state index is 13.3. The molecule has 0 heterocycles. The SMILES string of the molecule is FC(F)(F)C1(c2cc(Cl)cc(Cl)c2)CCCC1. The van der Waals surface area contributed by atoms with E-state index in [4.69, 9.17) is 23.2 Å². The Balaban J connectivity index is 2.53. The molecular weight excluding hydrogens is 272 g/mol. The Bertz CT molecular complexity index is 400. The molecule has 0 aliphatic heterocycles. The molecule has 0 N–H and O–H groups in total. The molecule has 0 spiro atoms. The van der Waals surface area contributed by atoms with Crippen LogP contribution in [0.25, 0.3) is 0 Å². The first kappa shape index (κ1) is 13.0. The van der Waals surface area contributed by atoms with E-state index in [-0.39, 0.29) is 28.5 Å². The van der Waals surface area contributed by atoms with E-state index in [0.717, 1.165) is 0 Å². The van der Waals surface area contributed by atoms with Crippen molar-refractivity contribution in [2.45, 2.75) is 37.3 Å². The Labute approximate surface area is 108 Å². The first-order chi connectivity index (χ1) is 7.85. The lowest BCUT2D eigenvalue weighted by atomic mass is 9.78. The molecule has 0 atom stereocenters. The maximum absolute atomic E-state index is 13.3. The summed E-state index contributed by atoms with van der Waals surface area (Å²) in [7, 11) is 0. The fraction of sp³-hybridized carbons (Fsp3) is 0.500. The summed E-state index contributed by atoms with van der Waals surface area (Å²) in [5, 5.41) is 0.506. The van der Waals surface area contributed by atoms with Crippen LogP contribution in [0.4, 0.5) is 13.2 Å². The van der Waals surface area contributed by atoms with Gasteiger partial charge in [-0.1, -0.05) is 36.0 Å². The lowest BCUT2D eigenvalue weighted by Crippen LogP contribution is -2.39. The molecule has 94 valence electrons. The second-order valence-electron chi connectivity index (χ2n) is 4.45. The summed E-state index contributed by atoms with van der Waals surface area (Å²) in [4.78, 5) is 0. The first-order valence-electron chi connectivity index (χ1n) is 5.38. The van der Waals surface area contributed by atoms with Gasteiger partial charge in [0.25, 0.3) is 0 Å². The molecule has 1 saturated carbocycles. The van der Waals surface area contributed by atoms with Crippen molar-refractivity contribution in [3.63, 3.8) is 0 Å². The van der Waals surface area contributed by atoms with Gasteiger partial charge in [0.1, 0.15) is 0 Å². The molecule has 0 aromatic heterocycles. The van der Waals surface area contributed by atoms with Crippen LogP contribution in [-0.4, -0.2) is 6.18 Å². The van der Waals surface area contributed by atoms with Gasteiger partial charge >= 0.3 is 6.18 Å². The third-order valence-corrected chi connectivity index (χ3v) is 3.85. The van der Waals surface area contributed by atoms with Crippen LogP contribution in [0.3, 0.4) is 0 Å². The summed E-state index contributed by atoms with van der Waals surface area (Å²) in [6, 6.07) is 4.21. The molecule has 17 heavy (non-hydrogen) atoms. The number of hydrogen-bond acceptors (Lipinski definition) is 0. The van der Waals surface area contributed by atoms with E-state index in [1.165, 1.54) is 18.2 Å². The van der Waals surface area contributed by atoms with Gasteiger partial charge in [0, 0.05) is 10.0 Å². The van der Waals surface area contributed by atoms with Gasteiger partial charge in [-0.3, -0.25) is 0 Å². The summed E-state index contributed by atoms with van der Waals surface area (Å²) in [6.45, 7) is 0. The quantitative estimate of drug-likeness (QED) is 0.650. The fourth-order valence-corrected chi connectivity index (χ4v) is 3.07. The molecule has 0 saturated heterocycles. The summed E-state index contributed by atoms with van der Waals surface area (Å²) in [5.41, 5.74) is -1.57. The molecule has 0 bridgehead atoms. The number of alkyl halides is 3. The van der Waals surface area contributed by atoms with Crippen LogP contribution < -0.4 is 0 Å². The van der Waals surface area contributed by atoms with E-state index in [1.807, 2.05) is 0 Å². The molecular formula is C12H11Cl2F3. The van der Waals surface area contributed by atoms with E-state index in [0.29, 0.717) is 12.8 Å². The Morgan fingerprint density at radius 2 is 1.41 bits per heavy atom. The van der Waals surface area contributed by atoms with E-state index in [2.05, 4.69) is 0 Å². The molecule has 5 heteroatoms. The van der Waals surface area contributed by atoms with Gasteiger partial charge in [-0.15, -0.1) is 0 Å². The standard InChI is InChI=1S/C12H11Cl2F3/c13-9-5-8(6-10(14)7-9)11(12(15,16)17)3-1-2-4-11/h5-7H,1-4H2. The normalized spacial score (nSPS) is 19.6. The van der Waals surface area contributed by atoms with Crippen LogP contribution in [0.5, 0.6) is 0 Å². The minimum Gasteiger partial charge on any atom is -0.170 e. The summed E-state index contributed by atoms with van der Waals surface area (Å²) in [6.07, 6.45) is -2.84. The van der Waals surface area contributed by atoms with Crippen molar-refractivity contribution in [1.82, 2.24) is 0 Å². The Hall–Kier alpha value is -0.410. The van der Waals surface area contributed by atoms with Crippen molar-refractivity contribution < 1.29 is 13.2 Å². The zero-order valence-corrected chi connectivity index (χ0v) is 10.5. The molecule has 1 aromatic carbocycles. The highest BCUT2D eigenvalue weighted by atomic mass is 35.5. The topological polar surface area (TPSA) is 0 Å². The van der Waals surface area contributed by atoms with Crippen molar-refractivity contribution in [1.29, 1.82) is 0 Å². The lowest BCUT2D eigenvalue weighted by molar-refractivity contribution is -0.189. The van der Waals surface area contributed by atoms with Gasteiger partial charge in [0.15, 0.2) is 0 Å². The van der Waals surface area contributed by atoms with Crippen molar-refractivity contribution in [2.24, 2.45) is 0 Å². The van der Waals surface area contributed by atoms with Crippen LogP contribution in [0.15, 0.2) is 18.2 Å². The van der Waals surface area contributed by atoms with E-state index >= 15 is 0 Å². The molecule has 0 unspecified atom stereocenters. The van der Waals surface area contributed by atoms with Gasteiger partial charge in [-0.2, -0.15) is 13.2 Å². The largest absolute Gasteiger partial charge is 0.398 e. The zero-order chi connectivity index (χ0) is 12.7. The molecule has 0 amide bonds. The van der Waals surface area contributed by atoms with E-state index in [9.17, 15) is 13.2 Å². The average molecular weight is 283 g/mol. The van der Waals surface area contributed by atoms with Crippen molar-refractivity contribution in [3.8, 4) is 0 Å². The van der Waals surface area contributed by atoms with Crippen LogP contribution in [0.2, 0.25) is 10.0 Å². The third-order valence-electron chi connectivity index (χ3n) is 3.41. The Morgan fingerprint density at radius 1 is 0.941 bits per heavy atom. The molecule has 1 aromatic rings. The van der Waals surface area contributed by atoms with Gasteiger partial charge in [-0.25, -0.2) is 0 Å². The molecule has 1 fully saturated rings. The maximum Gasteiger partial charge on any atom is 0.398 e. The van der Waals surface area contributed by atoms with Crippen molar-refractivity contribution in [2.75, 3.05) is 0 Å². The predicted octanol–water partition coefficient (Wildman–Crippen LogP) is 5.37.